The van der Waals surface area contributed by atoms with Crippen molar-refractivity contribution in [1.82, 2.24) is 0 Å². The summed E-state index contributed by atoms with van der Waals surface area (Å²) in [5, 5.41) is 0. The van der Waals surface area contributed by atoms with Crippen molar-refractivity contribution in [2.45, 2.75) is 13.5 Å². The van der Waals surface area contributed by atoms with Gasteiger partial charge in [-0.1, -0.05) is 24.3 Å². The van der Waals surface area contributed by atoms with Gasteiger partial charge in [0.25, 0.3) is 0 Å². The van der Waals surface area contributed by atoms with E-state index in [4.69, 9.17) is 5.73 Å². The van der Waals surface area contributed by atoms with Crippen LogP contribution in [0.3, 0.4) is 0 Å². The second kappa shape index (κ2) is 4.45. The van der Waals surface area contributed by atoms with E-state index in [1.54, 1.807) is 0 Å². The Morgan fingerprint density at radius 3 is 2.31 bits per heavy atom. The van der Waals surface area contributed by atoms with Crippen LogP contribution in [-0.2, 0) is 13.6 Å². The summed E-state index contributed by atoms with van der Waals surface area (Å²) >= 11 is 0. The van der Waals surface area contributed by atoms with Crippen molar-refractivity contribution in [3.8, 4) is 11.1 Å². The molecule has 1 aromatic carbocycles. The number of nitrogens with zero attached hydrogens (tertiary/aromatic N) is 1. The highest BCUT2D eigenvalue weighted by atomic mass is 14.9. The first-order chi connectivity index (χ1) is 7.70. The summed E-state index contributed by atoms with van der Waals surface area (Å²) in [4.78, 5) is 0. The highest BCUT2D eigenvalue weighted by Crippen LogP contribution is 2.19. The van der Waals surface area contributed by atoms with Gasteiger partial charge >= 0.3 is 0 Å². The fourth-order valence-electron chi connectivity index (χ4n) is 1.70. The van der Waals surface area contributed by atoms with E-state index in [1.165, 1.54) is 22.4 Å². The molecule has 0 aliphatic heterocycles. The van der Waals surface area contributed by atoms with Gasteiger partial charge in [0.1, 0.15) is 7.05 Å². The summed E-state index contributed by atoms with van der Waals surface area (Å²) in [6, 6.07) is 12.7. The molecule has 2 N–H and O–H groups in total. The average Bonchev–Trinajstić information content (AvgIpc) is 2.33. The van der Waals surface area contributed by atoms with E-state index in [2.05, 4.69) is 61.1 Å². The molecule has 0 bridgehead atoms. The van der Waals surface area contributed by atoms with Crippen molar-refractivity contribution in [1.29, 1.82) is 0 Å². The molecule has 0 fully saturated rings. The van der Waals surface area contributed by atoms with Crippen LogP contribution in [0.1, 0.15) is 11.3 Å². The lowest BCUT2D eigenvalue weighted by Gasteiger charge is -2.03. The number of aromatic nitrogens is 1. The molecule has 0 atom stereocenters. The number of hydrogen-bond acceptors (Lipinski definition) is 1. The summed E-state index contributed by atoms with van der Waals surface area (Å²) in [6.45, 7) is 2.71. The molecule has 0 amide bonds. The van der Waals surface area contributed by atoms with Crippen molar-refractivity contribution in [2.24, 2.45) is 12.8 Å². The Morgan fingerprint density at radius 1 is 1.06 bits per heavy atom. The number of hydrogen-bond donors (Lipinski definition) is 1. The summed E-state index contributed by atoms with van der Waals surface area (Å²) in [7, 11) is 2.05. The molecule has 0 saturated heterocycles. The summed E-state index contributed by atoms with van der Waals surface area (Å²) < 4.78 is 2.11. The third-order valence-corrected chi connectivity index (χ3v) is 2.92. The van der Waals surface area contributed by atoms with Crippen LogP contribution in [0, 0.1) is 6.92 Å². The minimum atomic E-state index is 0.600. The Morgan fingerprint density at radius 2 is 1.75 bits per heavy atom. The molecule has 1 heterocycles. The van der Waals surface area contributed by atoms with E-state index in [-0.39, 0.29) is 0 Å². The van der Waals surface area contributed by atoms with Crippen LogP contribution < -0.4 is 10.3 Å². The highest BCUT2D eigenvalue weighted by Gasteiger charge is 2.04. The Balaban J connectivity index is 2.38. The lowest BCUT2D eigenvalue weighted by atomic mass is 10.0. The fourth-order valence-corrected chi connectivity index (χ4v) is 1.70. The van der Waals surface area contributed by atoms with Crippen LogP contribution >= 0.6 is 0 Å². The molecule has 2 nitrogen and oxygen atoms in total. The van der Waals surface area contributed by atoms with Gasteiger partial charge in [0.2, 0.25) is 0 Å². The molecule has 0 aliphatic carbocycles. The van der Waals surface area contributed by atoms with Gasteiger partial charge in [-0.05, 0) is 16.7 Å². The maximum atomic E-state index is 5.58. The van der Waals surface area contributed by atoms with Crippen LogP contribution in [0.2, 0.25) is 0 Å². The lowest BCUT2D eigenvalue weighted by molar-refractivity contribution is -0.677. The van der Waals surface area contributed by atoms with Crippen molar-refractivity contribution in [3.63, 3.8) is 0 Å². The maximum Gasteiger partial charge on any atom is 0.178 e. The smallest absolute Gasteiger partial charge is 0.178 e. The first-order valence-electron chi connectivity index (χ1n) is 5.46. The predicted octanol–water partition coefficient (Wildman–Crippen LogP) is 1.95. The molecule has 0 aliphatic rings. The van der Waals surface area contributed by atoms with Gasteiger partial charge in [-0.15, -0.1) is 0 Å². The van der Waals surface area contributed by atoms with Gasteiger partial charge < -0.3 is 5.73 Å². The van der Waals surface area contributed by atoms with Crippen LogP contribution in [0.15, 0.2) is 42.6 Å². The topological polar surface area (TPSA) is 29.9 Å². The molecule has 2 aromatic rings. The van der Waals surface area contributed by atoms with Gasteiger partial charge in [0.05, 0.1) is 0 Å². The van der Waals surface area contributed by atoms with Crippen LogP contribution in [0.4, 0.5) is 0 Å². The average molecular weight is 213 g/mol. The Kier molecular flexibility index (Phi) is 3.02. The highest BCUT2D eigenvalue weighted by molar-refractivity contribution is 5.63. The molecular weight excluding hydrogens is 196 g/mol. The van der Waals surface area contributed by atoms with E-state index in [0.29, 0.717) is 6.54 Å². The van der Waals surface area contributed by atoms with Crippen molar-refractivity contribution < 1.29 is 4.57 Å². The lowest BCUT2D eigenvalue weighted by Crippen LogP contribution is -2.30. The van der Waals surface area contributed by atoms with Gasteiger partial charge in [0, 0.05) is 25.6 Å². The molecule has 1 aromatic heterocycles. The molecule has 16 heavy (non-hydrogen) atoms. The van der Waals surface area contributed by atoms with Gasteiger partial charge in [0.15, 0.2) is 11.9 Å². The number of aryl methyl sites for hydroxylation is 2. The van der Waals surface area contributed by atoms with E-state index in [0.717, 1.165) is 0 Å². The van der Waals surface area contributed by atoms with Crippen LogP contribution in [0.25, 0.3) is 11.1 Å². The normalized spacial score (nSPS) is 10.4. The molecule has 0 radical (unpaired) electrons. The van der Waals surface area contributed by atoms with Gasteiger partial charge in [-0.3, -0.25) is 0 Å². The third kappa shape index (κ3) is 2.12. The van der Waals surface area contributed by atoms with E-state index >= 15 is 0 Å². The molecule has 0 spiro atoms. The summed E-state index contributed by atoms with van der Waals surface area (Å²) in [6.07, 6.45) is 2.08. The summed E-state index contributed by atoms with van der Waals surface area (Å²) in [5.74, 6) is 0. The quantitative estimate of drug-likeness (QED) is 0.759. The SMILES string of the molecule is Cc1cc(-c2ccc(CN)cc2)cc[n+]1C. The molecule has 0 unspecified atom stereocenters. The first kappa shape index (κ1) is 10.8. The standard InChI is InChI=1S/C14H17N2/c1-11-9-14(7-8-16(11)2)13-5-3-12(10-15)4-6-13/h3-9H,10,15H2,1-2H3/q+1. The molecule has 2 heteroatoms. The van der Waals surface area contributed by atoms with Gasteiger partial charge in [-0.2, -0.15) is 0 Å². The number of rotatable bonds is 2. The second-order valence-corrected chi connectivity index (χ2v) is 4.07. The minimum Gasteiger partial charge on any atom is -0.326 e. The van der Waals surface area contributed by atoms with Gasteiger partial charge in [-0.25, -0.2) is 4.57 Å². The van der Waals surface area contributed by atoms with Crippen molar-refractivity contribution in [3.05, 3.63) is 53.9 Å². The van der Waals surface area contributed by atoms with E-state index in [1.807, 2.05) is 0 Å². The van der Waals surface area contributed by atoms with Crippen molar-refractivity contribution >= 4 is 0 Å². The predicted molar refractivity (Wildman–Crippen MR) is 65.7 cm³/mol. The zero-order valence-corrected chi connectivity index (χ0v) is 9.77. The molecular formula is C14H17N2+. The van der Waals surface area contributed by atoms with Crippen LogP contribution in [0.5, 0.6) is 0 Å². The second-order valence-electron chi connectivity index (χ2n) is 4.07. The zero-order chi connectivity index (χ0) is 11.5. The zero-order valence-electron chi connectivity index (χ0n) is 9.77. The Labute approximate surface area is 96.4 Å². The van der Waals surface area contributed by atoms with E-state index < -0.39 is 0 Å². The van der Waals surface area contributed by atoms with E-state index in [9.17, 15) is 0 Å². The first-order valence-corrected chi connectivity index (χ1v) is 5.46. The van der Waals surface area contributed by atoms with Crippen LogP contribution in [-0.4, -0.2) is 0 Å². The third-order valence-electron chi connectivity index (χ3n) is 2.92. The summed E-state index contributed by atoms with van der Waals surface area (Å²) in [5.41, 5.74) is 10.5. The number of pyridine rings is 1. The molecule has 0 saturated carbocycles. The maximum absolute atomic E-state index is 5.58. The number of nitrogens with two attached hydrogens (primary N) is 1. The Bertz CT molecular complexity index is 487. The monoisotopic (exact) mass is 213 g/mol. The Hall–Kier alpha value is -1.67. The minimum absolute atomic E-state index is 0.600. The fraction of sp³-hybridized carbons (Fsp3) is 0.214. The molecule has 82 valence electrons. The molecule has 2 rings (SSSR count). The number of benzene rings is 1. The largest absolute Gasteiger partial charge is 0.326 e. The van der Waals surface area contributed by atoms with Crippen molar-refractivity contribution in [2.75, 3.05) is 0 Å².